The molecule has 2 aromatic heterocycles. The Morgan fingerprint density at radius 3 is 2.68 bits per heavy atom. The topological polar surface area (TPSA) is 75.4 Å². The molecule has 0 spiro atoms. The van der Waals surface area contributed by atoms with E-state index in [-0.39, 0.29) is 5.92 Å². The number of likely N-dealkylation sites (tertiary alicyclic amines) is 1. The lowest BCUT2D eigenvalue weighted by molar-refractivity contribution is -0.135. The maximum atomic E-state index is 13.1. The van der Waals surface area contributed by atoms with Crippen molar-refractivity contribution in [1.82, 2.24) is 14.9 Å². The molecule has 0 radical (unpaired) electrons. The van der Waals surface area contributed by atoms with Gasteiger partial charge in [-0.05, 0) is 56.9 Å². The van der Waals surface area contributed by atoms with Gasteiger partial charge in [0.1, 0.15) is 17.0 Å². The van der Waals surface area contributed by atoms with Gasteiger partial charge in [-0.25, -0.2) is 9.97 Å². The van der Waals surface area contributed by atoms with E-state index < -0.39 is 0 Å². The summed E-state index contributed by atoms with van der Waals surface area (Å²) < 4.78 is 0. The minimum Gasteiger partial charge on any atom is -0.356 e. The molecular formula is C21H29N5OS. The van der Waals surface area contributed by atoms with Crippen LogP contribution in [-0.2, 0) is 4.79 Å². The Morgan fingerprint density at radius 2 is 1.93 bits per heavy atom. The third-order valence-corrected chi connectivity index (χ3v) is 8.43. The van der Waals surface area contributed by atoms with Gasteiger partial charge in [0.25, 0.3) is 0 Å². The molecule has 0 bridgehead atoms. The summed E-state index contributed by atoms with van der Waals surface area (Å²) in [6.45, 7) is 7.89. The van der Waals surface area contributed by atoms with Crippen LogP contribution in [-0.4, -0.2) is 53.0 Å². The number of hydrogen-bond acceptors (Lipinski definition) is 6. The summed E-state index contributed by atoms with van der Waals surface area (Å²) in [4.78, 5) is 29.0. The quantitative estimate of drug-likeness (QED) is 0.840. The van der Waals surface area contributed by atoms with Gasteiger partial charge >= 0.3 is 0 Å². The fraction of sp³-hybridized carbons (Fsp3) is 0.667. The summed E-state index contributed by atoms with van der Waals surface area (Å²) in [5.74, 6) is 2.71. The van der Waals surface area contributed by atoms with Gasteiger partial charge in [0, 0.05) is 43.0 Å². The molecule has 150 valence electrons. The van der Waals surface area contributed by atoms with Gasteiger partial charge in [0.2, 0.25) is 5.91 Å². The van der Waals surface area contributed by atoms with Crippen molar-refractivity contribution in [2.75, 3.05) is 31.1 Å². The monoisotopic (exact) mass is 399 g/mol. The number of aryl methyl sites for hydroxylation is 2. The number of anilines is 1. The first kappa shape index (κ1) is 18.3. The van der Waals surface area contributed by atoms with Crippen LogP contribution in [0.5, 0.6) is 0 Å². The van der Waals surface area contributed by atoms with Crippen molar-refractivity contribution >= 4 is 33.3 Å². The highest BCUT2D eigenvalue weighted by molar-refractivity contribution is 7.18. The second kappa shape index (κ2) is 6.95. The van der Waals surface area contributed by atoms with Gasteiger partial charge in [0.05, 0.1) is 5.39 Å². The van der Waals surface area contributed by atoms with Crippen molar-refractivity contribution in [2.45, 2.75) is 45.6 Å². The number of nitrogens with two attached hydrogens (primary N) is 1. The number of thiophene rings is 1. The molecule has 3 aliphatic rings. The summed E-state index contributed by atoms with van der Waals surface area (Å²) in [5, 5.41) is 1.19. The molecule has 7 heteroatoms. The summed E-state index contributed by atoms with van der Waals surface area (Å²) in [6.07, 6.45) is 5.81. The van der Waals surface area contributed by atoms with Gasteiger partial charge in [-0.2, -0.15) is 0 Å². The molecule has 0 aromatic carbocycles. The molecule has 2 aromatic rings. The highest BCUT2D eigenvalue weighted by atomic mass is 32.1. The van der Waals surface area contributed by atoms with E-state index in [0.717, 1.165) is 56.1 Å². The van der Waals surface area contributed by atoms with Crippen LogP contribution >= 0.6 is 11.3 Å². The molecule has 3 fully saturated rings. The Kier molecular flexibility index (Phi) is 4.55. The zero-order chi connectivity index (χ0) is 19.4. The first-order valence-electron chi connectivity index (χ1n) is 10.5. The van der Waals surface area contributed by atoms with Crippen LogP contribution < -0.4 is 10.6 Å². The Balaban J connectivity index is 1.27. The summed E-state index contributed by atoms with van der Waals surface area (Å²) >= 11 is 1.74. The molecule has 6 nitrogen and oxygen atoms in total. The molecule has 4 heterocycles. The summed E-state index contributed by atoms with van der Waals surface area (Å²) in [6, 6.07) is 0.294. The van der Waals surface area contributed by atoms with Crippen LogP contribution in [0.25, 0.3) is 10.2 Å². The van der Waals surface area contributed by atoms with E-state index in [1.54, 1.807) is 17.7 Å². The van der Waals surface area contributed by atoms with E-state index in [1.165, 1.54) is 22.2 Å². The molecule has 3 atom stereocenters. The van der Waals surface area contributed by atoms with Crippen LogP contribution in [0.4, 0.5) is 5.82 Å². The Morgan fingerprint density at radius 1 is 1.14 bits per heavy atom. The third-order valence-electron chi connectivity index (χ3n) is 7.31. The Bertz CT molecular complexity index is 904. The van der Waals surface area contributed by atoms with Crippen molar-refractivity contribution in [1.29, 1.82) is 0 Å². The molecule has 5 rings (SSSR count). The smallest absolute Gasteiger partial charge is 0.225 e. The zero-order valence-electron chi connectivity index (χ0n) is 16.7. The molecule has 1 aliphatic carbocycles. The number of hydrogen-bond donors (Lipinski definition) is 1. The van der Waals surface area contributed by atoms with E-state index in [4.69, 9.17) is 5.73 Å². The van der Waals surface area contributed by atoms with Gasteiger partial charge in [0.15, 0.2) is 0 Å². The Labute approximate surface area is 170 Å². The molecule has 2 saturated heterocycles. The van der Waals surface area contributed by atoms with Crippen molar-refractivity contribution in [3.05, 3.63) is 16.8 Å². The van der Waals surface area contributed by atoms with Crippen molar-refractivity contribution in [3.63, 3.8) is 0 Å². The van der Waals surface area contributed by atoms with E-state index in [1.807, 2.05) is 0 Å². The number of nitrogens with zero attached hydrogens (tertiary/aromatic N) is 4. The number of fused-ring (bicyclic) bond motifs is 2. The van der Waals surface area contributed by atoms with Crippen LogP contribution in [0.3, 0.4) is 0 Å². The highest BCUT2D eigenvalue weighted by Crippen LogP contribution is 2.39. The zero-order valence-corrected chi connectivity index (χ0v) is 17.5. The molecule has 1 saturated carbocycles. The first-order valence-corrected chi connectivity index (χ1v) is 11.3. The third kappa shape index (κ3) is 2.90. The Hall–Kier alpha value is -1.73. The average Bonchev–Trinajstić information content (AvgIpc) is 3.37. The first-order chi connectivity index (χ1) is 13.5. The number of aromatic nitrogens is 2. The molecule has 2 N–H and O–H groups in total. The van der Waals surface area contributed by atoms with E-state index in [0.29, 0.717) is 23.8 Å². The van der Waals surface area contributed by atoms with E-state index in [2.05, 4.69) is 33.6 Å². The van der Waals surface area contributed by atoms with Crippen LogP contribution in [0, 0.1) is 31.6 Å². The van der Waals surface area contributed by atoms with Crippen molar-refractivity contribution in [3.8, 4) is 0 Å². The lowest BCUT2D eigenvalue weighted by atomic mass is 9.95. The second-order valence-electron chi connectivity index (χ2n) is 8.83. The second-order valence-corrected chi connectivity index (χ2v) is 10.0. The lowest BCUT2D eigenvalue weighted by Gasteiger charge is -2.34. The van der Waals surface area contributed by atoms with Crippen LogP contribution in [0.15, 0.2) is 6.33 Å². The SMILES string of the molecule is Cc1sc2ncnc(N3CCC(C(=O)N4CC5CCC(N)C5C4)CC3)c2c1C. The van der Waals surface area contributed by atoms with Crippen molar-refractivity contribution < 1.29 is 4.79 Å². The van der Waals surface area contributed by atoms with Crippen LogP contribution in [0.2, 0.25) is 0 Å². The number of carbonyl (C=O) groups is 1. The predicted octanol–water partition coefficient (Wildman–Crippen LogP) is 2.72. The summed E-state index contributed by atoms with van der Waals surface area (Å²) in [5.41, 5.74) is 7.53. The van der Waals surface area contributed by atoms with Crippen LogP contribution in [0.1, 0.15) is 36.1 Å². The molecule has 28 heavy (non-hydrogen) atoms. The average molecular weight is 400 g/mol. The van der Waals surface area contributed by atoms with Gasteiger partial charge in [-0.1, -0.05) is 0 Å². The lowest BCUT2D eigenvalue weighted by Crippen LogP contribution is -2.43. The normalized spacial score (nSPS) is 28.3. The maximum Gasteiger partial charge on any atom is 0.225 e. The fourth-order valence-electron chi connectivity index (χ4n) is 5.49. The molecule has 1 amide bonds. The van der Waals surface area contributed by atoms with Crippen molar-refractivity contribution in [2.24, 2.45) is 23.5 Å². The molecular weight excluding hydrogens is 370 g/mol. The standard InChI is InChI=1S/C21H29N5OS/c1-12-13(2)28-20-18(12)19(23-11-24-20)25-7-5-14(6-8-25)21(27)26-9-15-3-4-17(22)16(15)10-26/h11,14-17H,3-10,22H2,1-2H3. The van der Waals surface area contributed by atoms with E-state index in [9.17, 15) is 4.79 Å². The molecule has 2 aliphatic heterocycles. The number of carbonyl (C=O) groups excluding carboxylic acids is 1. The fourth-order valence-corrected chi connectivity index (χ4v) is 6.48. The van der Waals surface area contributed by atoms with E-state index >= 15 is 0 Å². The minimum atomic E-state index is 0.147. The van der Waals surface area contributed by atoms with Gasteiger partial charge < -0.3 is 15.5 Å². The largest absolute Gasteiger partial charge is 0.356 e. The summed E-state index contributed by atoms with van der Waals surface area (Å²) in [7, 11) is 0. The number of amides is 1. The van der Waals surface area contributed by atoms with Gasteiger partial charge in [-0.15, -0.1) is 11.3 Å². The minimum absolute atomic E-state index is 0.147. The maximum absolute atomic E-state index is 13.1. The number of piperidine rings is 1. The van der Waals surface area contributed by atoms with Gasteiger partial charge in [-0.3, -0.25) is 4.79 Å². The molecule has 3 unspecified atom stereocenters. The number of rotatable bonds is 2. The highest BCUT2D eigenvalue weighted by Gasteiger charge is 2.43. The predicted molar refractivity (Wildman–Crippen MR) is 113 cm³/mol.